The summed E-state index contributed by atoms with van der Waals surface area (Å²) in [5.41, 5.74) is 1.58. The number of rotatable bonds is 2. The van der Waals surface area contributed by atoms with Gasteiger partial charge in [0.1, 0.15) is 12.4 Å². The summed E-state index contributed by atoms with van der Waals surface area (Å²) in [4.78, 5) is 11.6. The SMILES string of the molecule is CCOC(=O)c1ccc2c(c1)[C@H](C)NCCO2. The molecule has 0 aliphatic carbocycles. The van der Waals surface area contributed by atoms with Gasteiger partial charge in [-0.15, -0.1) is 0 Å². The van der Waals surface area contributed by atoms with E-state index in [0.717, 1.165) is 17.9 Å². The fraction of sp³-hybridized carbons (Fsp3) is 0.462. The second-order valence-corrected chi connectivity index (χ2v) is 4.00. The molecular formula is C13H17NO3. The first-order chi connectivity index (χ1) is 8.22. The molecule has 0 spiro atoms. The average Bonchev–Trinajstić information content (AvgIpc) is 2.51. The van der Waals surface area contributed by atoms with Gasteiger partial charge >= 0.3 is 5.97 Å². The standard InChI is InChI=1S/C13H17NO3/c1-3-16-13(15)10-4-5-12-11(8-10)9(2)14-6-7-17-12/h4-5,8-9,14H,3,6-7H2,1-2H3/t9-/m0/s1. The first kappa shape index (κ1) is 11.9. The van der Waals surface area contributed by atoms with Gasteiger partial charge < -0.3 is 14.8 Å². The maximum absolute atomic E-state index is 11.6. The molecule has 1 aliphatic rings. The van der Waals surface area contributed by atoms with Crippen LogP contribution in [0.25, 0.3) is 0 Å². The van der Waals surface area contributed by atoms with E-state index < -0.39 is 0 Å². The molecule has 0 bridgehead atoms. The Morgan fingerprint density at radius 2 is 2.41 bits per heavy atom. The molecule has 4 heteroatoms. The van der Waals surface area contributed by atoms with E-state index in [4.69, 9.17) is 9.47 Å². The second-order valence-electron chi connectivity index (χ2n) is 4.00. The van der Waals surface area contributed by atoms with Gasteiger partial charge in [0.05, 0.1) is 12.2 Å². The highest BCUT2D eigenvalue weighted by atomic mass is 16.5. The van der Waals surface area contributed by atoms with E-state index in [1.165, 1.54) is 0 Å². The molecule has 0 aromatic heterocycles. The summed E-state index contributed by atoms with van der Waals surface area (Å²) in [5.74, 6) is 0.558. The second kappa shape index (κ2) is 5.19. The lowest BCUT2D eigenvalue weighted by Gasteiger charge is -2.13. The van der Waals surface area contributed by atoms with Gasteiger partial charge in [0, 0.05) is 18.2 Å². The van der Waals surface area contributed by atoms with Gasteiger partial charge in [-0.2, -0.15) is 0 Å². The van der Waals surface area contributed by atoms with E-state index in [9.17, 15) is 4.79 Å². The Kier molecular flexibility index (Phi) is 3.64. The topological polar surface area (TPSA) is 47.6 Å². The molecule has 2 rings (SSSR count). The summed E-state index contributed by atoms with van der Waals surface area (Å²) in [6, 6.07) is 5.61. The molecule has 1 aliphatic heterocycles. The van der Waals surface area contributed by atoms with E-state index in [1.807, 2.05) is 12.1 Å². The molecule has 1 aromatic carbocycles. The summed E-state index contributed by atoms with van der Waals surface area (Å²) in [5, 5.41) is 3.32. The monoisotopic (exact) mass is 235 g/mol. The summed E-state index contributed by atoms with van der Waals surface area (Å²) < 4.78 is 10.6. The van der Waals surface area contributed by atoms with E-state index >= 15 is 0 Å². The smallest absolute Gasteiger partial charge is 0.338 e. The van der Waals surface area contributed by atoms with Crippen molar-refractivity contribution in [1.82, 2.24) is 5.32 Å². The molecule has 4 nitrogen and oxygen atoms in total. The van der Waals surface area contributed by atoms with Crippen molar-refractivity contribution in [3.63, 3.8) is 0 Å². The van der Waals surface area contributed by atoms with Crippen molar-refractivity contribution >= 4 is 5.97 Å². The Bertz CT molecular complexity index is 417. The first-order valence-electron chi connectivity index (χ1n) is 5.89. The maximum Gasteiger partial charge on any atom is 0.338 e. The van der Waals surface area contributed by atoms with Crippen molar-refractivity contribution < 1.29 is 14.3 Å². The quantitative estimate of drug-likeness (QED) is 0.795. The molecule has 1 heterocycles. The minimum absolute atomic E-state index is 0.182. The lowest BCUT2D eigenvalue weighted by atomic mass is 10.0. The van der Waals surface area contributed by atoms with Gasteiger partial charge in [-0.1, -0.05) is 0 Å². The normalized spacial score (nSPS) is 18.8. The van der Waals surface area contributed by atoms with Crippen LogP contribution in [0, 0.1) is 0 Å². The number of hydrogen-bond donors (Lipinski definition) is 1. The molecule has 17 heavy (non-hydrogen) atoms. The number of nitrogens with one attached hydrogen (secondary N) is 1. The molecule has 0 unspecified atom stereocenters. The Morgan fingerprint density at radius 3 is 3.18 bits per heavy atom. The minimum Gasteiger partial charge on any atom is -0.492 e. The number of ether oxygens (including phenoxy) is 2. The zero-order valence-electron chi connectivity index (χ0n) is 10.2. The number of carbonyl (C=O) groups is 1. The van der Waals surface area contributed by atoms with Gasteiger partial charge in [-0.25, -0.2) is 4.79 Å². The third-order valence-corrected chi connectivity index (χ3v) is 2.80. The summed E-state index contributed by atoms with van der Waals surface area (Å²) >= 11 is 0. The predicted octanol–water partition coefficient (Wildman–Crippen LogP) is 1.91. The van der Waals surface area contributed by atoms with Crippen LogP contribution in [0.2, 0.25) is 0 Å². The molecule has 0 saturated carbocycles. The maximum atomic E-state index is 11.6. The van der Waals surface area contributed by atoms with E-state index in [1.54, 1.807) is 13.0 Å². The van der Waals surface area contributed by atoms with Crippen LogP contribution < -0.4 is 10.1 Å². The molecule has 0 fully saturated rings. The van der Waals surface area contributed by atoms with Crippen molar-refractivity contribution in [1.29, 1.82) is 0 Å². The number of carbonyl (C=O) groups excluding carboxylic acids is 1. The van der Waals surface area contributed by atoms with Crippen LogP contribution >= 0.6 is 0 Å². The van der Waals surface area contributed by atoms with Crippen LogP contribution in [0.1, 0.15) is 35.8 Å². The van der Waals surface area contributed by atoms with E-state index in [0.29, 0.717) is 18.8 Å². The Labute approximate surface area is 101 Å². The van der Waals surface area contributed by atoms with Crippen LogP contribution in [0.3, 0.4) is 0 Å². The van der Waals surface area contributed by atoms with Crippen LogP contribution in [-0.4, -0.2) is 25.7 Å². The first-order valence-corrected chi connectivity index (χ1v) is 5.89. The van der Waals surface area contributed by atoms with E-state index in [2.05, 4.69) is 12.2 Å². The molecule has 0 amide bonds. The average molecular weight is 235 g/mol. The largest absolute Gasteiger partial charge is 0.492 e. The van der Waals surface area contributed by atoms with Crippen LogP contribution in [0.15, 0.2) is 18.2 Å². The zero-order chi connectivity index (χ0) is 12.3. The third kappa shape index (κ3) is 2.58. The highest BCUT2D eigenvalue weighted by molar-refractivity contribution is 5.89. The van der Waals surface area contributed by atoms with Crippen LogP contribution in [0.4, 0.5) is 0 Å². The van der Waals surface area contributed by atoms with Crippen molar-refractivity contribution in [3.8, 4) is 5.75 Å². The number of fused-ring (bicyclic) bond motifs is 1. The molecule has 0 saturated heterocycles. The third-order valence-electron chi connectivity index (χ3n) is 2.80. The van der Waals surface area contributed by atoms with Crippen molar-refractivity contribution in [2.24, 2.45) is 0 Å². The Balaban J connectivity index is 2.31. The molecular weight excluding hydrogens is 218 g/mol. The number of esters is 1. The highest BCUT2D eigenvalue weighted by Gasteiger charge is 2.17. The van der Waals surface area contributed by atoms with Gasteiger partial charge in [-0.3, -0.25) is 0 Å². The highest BCUT2D eigenvalue weighted by Crippen LogP contribution is 2.28. The van der Waals surface area contributed by atoms with Crippen LogP contribution in [-0.2, 0) is 4.74 Å². The van der Waals surface area contributed by atoms with Gasteiger partial charge in [0.25, 0.3) is 0 Å². The molecule has 1 N–H and O–H groups in total. The lowest BCUT2D eigenvalue weighted by Crippen LogP contribution is -2.20. The summed E-state index contributed by atoms with van der Waals surface area (Å²) in [7, 11) is 0. The Hall–Kier alpha value is -1.55. The lowest BCUT2D eigenvalue weighted by molar-refractivity contribution is 0.0526. The van der Waals surface area contributed by atoms with Gasteiger partial charge in [0.15, 0.2) is 0 Å². The fourth-order valence-corrected chi connectivity index (χ4v) is 1.91. The Morgan fingerprint density at radius 1 is 1.59 bits per heavy atom. The number of benzene rings is 1. The molecule has 92 valence electrons. The fourth-order valence-electron chi connectivity index (χ4n) is 1.91. The van der Waals surface area contributed by atoms with Crippen molar-refractivity contribution in [2.75, 3.05) is 19.8 Å². The van der Waals surface area contributed by atoms with Crippen LogP contribution in [0.5, 0.6) is 5.75 Å². The number of hydrogen-bond acceptors (Lipinski definition) is 4. The van der Waals surface area contributed by atoms with Crippen molar-refractivity contribution in [2.45, 2.75) is 19.9 Å². The zero-order valence-corrected chi connectivity index (χ0v) is 10.2. The van der Waals surface area contributed by atoms with Gasteiger partial charge in [0.2, 0.25) is 0 Å². The summed E-state index contributed by atoms with van der Waals surface area (Å²) in [6.45, 7) is 5.71. The van der Waals surface area contributed by atoms with Crippen molar-refractivity contribution in [3.05, 3.63) is 29.3 Å². The predicted molar refractivity (Wildman–Crippen MR) is 64.3 cm³/mol. The molecule has 1 aromatic rings. The summed E-state index contributed by atoms with van der Waals surface area (Å²) in [6.07, 6.45) is 0. The van der Waals surface area contributed by atoms with Gasteiger partial charge in [-0.05, 0) is 32.0 Å². The molecule has 1 atom stereocenters. The molecule has 0 radical (unpaired) electrons. The minimum atomic E-state index is -0.285. The van der Waals surface area contributed by atoms with E-state index in [-0.39, 0.29) is 12.0 Å².